The molecular formula is C22H21N7S. The lowest BCUT2D eigenvalue weighted by molar-refractivity contribution is 0.580. The predicted octanol–water partition coefficient (Wildman–Crippen LogP) is 3.75. The van der Waals surface area contributed by atoms with Crippen LogP contribution in [0.1, 0.15) is 12.0 Å². The Hall–Kier alpha value is -3.10. The normalized spacial score (nSPS) is 20.2. The highest BCUT2D eigenvalue weighted by Gasteiger charge is 2.37. The third-order valence-corrected chi connectivity index (χ3v) is 6.89. The van der Waals surface area contributed by atoms with Crippen molar-refractivity contribution in [3.05, 3.63) is 54.5 Å². The van der Waals surface area contributed by atoms with Gasteiger partial charge in [-0.25, -0.2) is 15.0 Å². The molecule has 7 nitrogen and oxygen atoms in total. The Bertz CT molecular complexity index is 1240. The second-order valence-corrected chi connectivity index (χ2v) is 8.93. The molecule has 6 rings (SSSR count). The summed E-state index contributed by atoms with van der Waals surface area (Å²) in [6.45, 7) is 4.18. The Morgan fingerprint density at radius 2 is 2.07 bits per heavy atom. The molecule has 0 aromatic carbocycles. The van der Waals surface area contributed by atoms with Crippen molar-refractivity contribution in [2.75, 3.05) is 23.3 Å². The first-order valence-electron chi connectivity index (χ1n) is 10.1. The second-order valence-electron chi connectivity index (χ2n) is 7.90. The van der Waals surface area contributed by atoms with Crippen molar-refractivity contribution in [2.24, 2.45) is 0 Å². The smallest absolute Gasteiger partial charge is 0.143 e. The average molecular weight is 416 g/mol. The van der Waals surface area contributed by atoms with Crippen LogP contribution < -0.4 is 15.5 Å². The molecule has 8 heteroatoms. The van der Waals surface area contributed by atoms with E-state index < -0.39 is 0 Å². The fraction of sp³-hybridized carbons (Fsp3) is 0.273. The molecule has 0 radical (unpaired) electrons. The van der Waals surface area contributed by atoms with Crippen molar-refractivity contribution in [3.8, 4) is 10.7 Å². The van der Waals surface area contributed by atoms with Crippen molar-refractivity contribution >= 4 is 38.9 Å². The topological polar surface area (TPSA) is 78.9 Å². The number of piperazine rings is 1. The second kappa shape index (κ2) is 7.00. The van der Waals surface area contributed by atoms with Gasteiger partial charge in [0.25, 0.3) is 0 Å². The first-order chi connectivity index (χ1) is 14.7. The lowest BCUT2D eigenvalue weighted by Crippen LogP contribution is -2.43. The van der Waals surface area contributed by atoms with Crippen molar-refractivity contribution in [1.82, 2.24) is 25.3 Å². The summed E-state index contributed by atoms with van der Waals surface area (Å²) in [6.07, 6.45) is 6.76. The zero-order valence-electron chi connectivity index (χ0n) is 16.5. The maximum atomic E-state index is 4.79. The van der Waals surface area contributed by atoms with Gasteiger partial charge in [-0.3, -0.25) is 4.98 Å². The number of fused-ring (bicyclic) bond motifs is 3. The van der Waals surface area contributed by atoms with Crippen LogP contribution in [0.2, 0.25) is 0 Å². The van der Waals surface area contributed by atoms with Crippen molar-refractivity contribution in [1.29, 1.82) is 0 Å². The SMILES string of the molecule is Cc1cccnc1-c1nc2cc(Nc3cc(N4C[C@@H]5C[C@H]4CN5)ccn3)ncc2s1. The van der Waals surface area contributed by atoms with Crippen LogP contribution in [-0.2, 0) is 0 Å². The van der Waals surface area contributed by atoms with Gasteiger partial charge in [0, 0.05) is 61.6 Å². The molecule has 2 fully saturated rings. The summed E-state index contributed by atoms with van der Waals surface area (Å²) in [5.74, 6) is 1.54. The van der Waals surface area contributed by atoms with Gasteiger partial charge in [-0.05, 0) is 31.0 Å². The summed E-state index contributed by atoms with van der Waals surface area (Å²) in [7, 11) is 0. The number of nitrogens with zero attached hydrogens (tertiary/aromatic N) is 5. The minimum Gasteiger partial charge on any atom is -0.365 e. The molecule has 2 aliphatic rings. The standard InChI is InChI=1S/C22H21N7S/c1-13-3-2-5-24-21(13)22-27-17-9-20(26-11-18(17)30-22)28-19-8-15(4-6-23-19)29-12-14-7-16(29)10-25-14/h2-6,8-9,11,14,16,25H,7,10,12H2,1H3,(H,23,26,28)/t14-,16-/m0/s1. The van der Waals surface area contributed by atoms with Gasteiger partial charge < -0.3 is 15.5 Å². The minimum absolute atomic E-state index is 0.586. The number of anilines is 3. The lowest BCUT2D eigenvalue weighted by Gasteiger charge is -2.29. The molecule has 0 unspecified atom stereocenters. The van der Waals surface area contributed by atoms with E-state index >= 15 is 0 Å². The molecule has 6 heterocycles. The van der Waals surface area contributed by atoms with Gasteiger partial charge >= 0.3 is 0 Å². The number of hydrogen-bond acceptors (Lipinski definition) is 8. The molecule has 2 bridgehead atoms. The summed E-state index contributed by atoms with van der Waals surface area (Å²) in [4.78, 5) is 20.8. The molecule has 2 N–H and O–H groups in total. The first-order valence-corrected chi connectivity index (χ1v) is 11.0. The first kappa shape index (κ1) is 17.7. The number of hydrogen-bond donors (Lipinski definition) is 2. The van der Waals surface area contributed by atoms with Gasteiger partial charge in [-0.2, -0.15) is 0 Å². The van der Waals surface area contributed by atoms with Gasteiger partial charge in [0.2, 0.25) is 0 Å². The molecule has 2 saturated heterocycles. The molecule has 2 aliphatic heterocycles. The lowest BCUT2D eigenvalue weighted by atomic mass is 10.2. The van der Waals surface area contributed by atoms with E-state index in [4.69, 9.17) is 4.98 Å². The van der Waals surface area contributed by atoms with Gasteiger partial charge in [-0.1, -0.05) is 6.07 Å². The fourth-order valence-electron chi connectivity index (χ4n) is 4.39. The van der Waals surface area contributed by atoms with Gasteiger partial charge in [0.15, 0.2) is 0 Å². The summed E-state index contributed by atoms with van der Waals surface area (Å²) < 4.78 is 1.04. The Kier molecular flexibility index (Phi) is 4.14. The van der Waals surface area contributed by atoms with E-state index in [0.717, 1.165) is 51.2 Å². The molecule has 0 amide bonds. The molecular weight excluding hydrogens is 394 g/mol. The molecule has 150 valence electrons. The quantitative estimate of drug-likeness (QED) is 0.525. The van der Waals surface area contributed by atoms with E-state index in [-0.39, 0.29) is 0 Å². The van der Waals surface area contributed by atoms with Crippen LogP contribution in [-0.4, -0.2) is 45.1 Å². The number of nitrogens with one attached hydrogen (secondary N) is 2. The zero-order chi connectivity index (χ0) is 20.1. The number of thiazole rings is 1. The molecule has 0 saturated carbocycles. The molecule has 4 aromatic rings. The van der Waals surface area contributed by atoms with Crippen LogP contribution in [0, 0.1) is 6.92 Å². The van der Waals surface area contributed by atoms with E-state index in [1.165, 1.54) is 12.1 Å². The van der Waals surface area contributed by atoms with Gasteiger partial charge in [0.05, 0.1) is 10.2 Å². The van der Waals surface area contributed by atoms with Crippen molar-refractivity contribution in [2.45, 2.75) is 25.4 Å². The highest BCUT2D eigenvalue weighted by Crippen LogP contribution is 2.33. The summed E-state index contributed by atoms with van der Waals surface area (Å²) >= 11 is 1.61. The Morgan fingerprint density at radius 3 is 2.90 bits per heavy atom. The Labute approximate surface area is 178 Å². The minimum atomic E-state index is 0.586. The average Bonchev–Trinajstić information content (AvgIpc) is 3.49. The molecule has 0 spiro atoms. The van der Waals surface area contributed by atoms with Gasteiger partial charge in [0.1, 0.15) is 22.3 Å². The third-order valence-electron chi connectivity index (χ3n) is 5.88. The third kappa shape index (κ3) is 3.09. The van der Waals surface area contributed by atoms with E-state index in [9.17, 15) is 0 Å². The van der Waals surface area contributed by atoms with E-state index in [2.05, 4.69) is 55.6 Å². The van der Waals surface area contributed by atoms with Crippen LogP contribution in [0.5, 0.6) is 0 Å². The summed E-state index contributed by atoms with van der Waals surface area (Å²) in [6, 6.07) is 11.4. The zero-order valence-corrected chi connectivity index (χ0v) is 17.4. The molecule has 0 aliphatic carbocycles. The monoisotopic (exact) mass is 415 g/mol. The van der Waals surface area contributed by atoms with Crippen LogP contribution in [0.4, 0.5) is 17.3 Å². The number of aromatic nitrogens is 4. The Balaban J connectivity index is 1.27. The largest absolute Gasteiger partial charge is 0.365 e. The van der Waals surface area contributed by atoms with Gasteiger partial charge in [-0.15, -0.1) is 11.3 Å². The van der Waals surface area contributed by atoms with E-state index in [1.54, 1.807) is 17.5 Å². The maximum absolute atomic E-state index is 4.79. The van der Waals surface area contributed by atoms with Crippen LogP contribution in [0.25, 0.3) is 20.9 Å². The van der Waals surface area contributed by atoms with Crippen LogP contribution in [0.15, 0.2) is 48.9 Å². The van der Waals surface area contributed by atoms with Crippen molar-refractivity contribution < 1.29 is 0 Å². The molecule has 30 heavy (non-hydrogen) atoms. The molecule has 4 aromatic heterocycles. The number of rotatable bonds is 4. The fourth-order valence-corrected chi connectivity index (χ4v) is 5.37. The molecule has 2 atom stereocenters. The predicted molar refractivity (Wildman–Crippen MR) is 120 cm³/mol. The Morgan fingerprint density at radius 1 is 1.13 bits per heavy atom. The number of pyridine rings is 3. The van der Waals surface area contributed by atoms with E-state index in [1.807, 2.05) is 24.5 Å². The van der Waals surface area contributed by atoms with E-state index in [0.29, 0.717) is 12.1 Å². The van der Waals surface area contributed by atoms with Crippen LogP contribution in [0.3, 0.4) is 0 Å². The van der Waals surface area contributed by atoms with Crippen LogP contribution >= 0.6 is 11.3 Å². The maximum Gasteiger partial charge on any atom is 0.143 e. The summed E-state index contributed by atoms with van der Waals surface area (Å²) in [5, 5.41) is 7.82. The summed E-state index contributed by atoms with van der Waals surface area (Å²) in [5.41, 5.74) is 4.17. The highest BCUT2D eigenvalue weighted by atomic mass is 32.1. The van der Waals surface area contributed by atoms with Crippen molar-refractivity contribution in [3.63, 3.8) is 0 Å². The highest BCUT2D eigenvalue weighted by molar-refractivity contribution is 7.21. The number of aryl methyl sites for hydroxylation is 1.